The van der Waals surface area contributed by atoms with Gasteiger partial charge in [0, 0.05) is 6.26 Å². The Hall–Kier alpha value is -0.243. The van der Waals surface area contributed by atoms with Gasteiger partial charge in [0.05, 0.1) is 19.1 Å². The summed E-state index contributed by atoms with van der Waals surface area (Å²) in [6, 6.07) is 0. The minimum absolute atomic E-state index is 0.0734. The van der Waals surface area contributed by atoms with E-state index in [-0.39, 0.29) is 29.4 Å². The van der Waals surface area contributed by atoms with Gasteiger partial charge in [-0.3, -0.25) is 8.98 Å². The lowest BCUT2D eigenvalue weighted by atomic mass is 9.99. The standard InChI is InChI=1S/C14H31NO4SSi/c1-11(8-9-18-20(5)17)12(10-13(15)16)19-21(6,7)14(2,3)4/h11-12H,8-10H2,1-7H3,(H2,15,16)/t11-,12+,20?/m1/s1. The average molecular weight is 338 g/mol. The van der Waals surface area contributed by atoms with Gasteiger partial charge in [-0.15, -0.1) is 0 Å². The molecule has 1 unspecified atom stereocenters. The number of hydrogen-bond acceptors (Lipinski definition) is 4. The van der Waals surface area contributed by atoms with Gasteiger partial charge in [-0.25, -0.2) is 4.21 Å². The number of nitrogens with two attached hydrogens (primary N) is 1. The van der Waals surface area contributed by atoms with Gasteiger partial charge in [0.15, 0.2) is 19.4 Å². The van der Waals surface area contributed by atoms with E-state index in [0.717, 1.165) is 0 Å². The van der Waals surface area contributed by atoms with E-state index in [4.69, 9.17) is 14.3 Å². The fourth-order valence-electron chi connectivity index (χ4n) is 1.65. The maximum atomic E-state index is 11.3. The first-order chi connectivity index (χ1) is 9.36. The molecule has 0 aromatic rings. The molecule has 0 bridgehead atoms. The molecule has 0 rings (SSSR count). The van der Waals surface area contributed by atoms with Crippen molar-refractivity contribution in [2.75, 3.05) is 12.9 Å². The third-order valence-electron chi connectivity index (χ3n) is 4.11. The fraction of sp³-hybridized carbons (Fsp3) is 0.929. The van der Waals surface area contributed by atoms with Gasteiger partial charge in [-0.05, 0) is 30.5 Å². The Bertz CT molecular complexity index is 368. The first-order valence-corrected chi connectivity index (χ1v) is 11.7. The van der Waals surface area contributed by atoms with E-state index < -0.39 is 19.4 Å². The largest absolute Gasteiger partial charge is 0.413 e. The van der Waals surface area contributed by atoms with Gasteiger partial charge < -0.3 is 10.2 Å². The van der Waals surface area contributed by atoms with Crippen LogP contribution < -0.4 is 5.73 Å². The van der Waals surface area contributed by atoms with Crippen LogP contribution in [0.5, 0.6) is 0 Å². The third kappa shape index (κ3) is 8.09. The van der Waals surface area contributed by atoms with Gasteiger partial charge in [0.25, 0.3) is 0 Å². The Morgan fingerprint density at radius 1 is 1.33 bits per heavy atom. The molecular formula is C14H31NO4SSi. The summed E-state index contributed by atoms with van der Waals surface area (Å²) in [5.74, 6) is -0.235. The number of rotatable bonds is 9. The Labute approximate surface area is 132 Å². The Morgan fingerprint density at radius 3 is 2.24 bits per heavy atom. The summed E-state index contributed by atoms with van der Waals surface area (Å²) in [4.78, 5) is 11.3. The van der Waals surface area contributed by atoms with Crippen molar-refractivity contribution < 1.29 is 17.6 Å². The normalized spacial score (nSPS) is 17.3. The van der Waals surface area contributed by atoms with Crippen molar-refractivity contribution in [3.63, 3.8) is 0 Å². The number of primary amides is 1. The van der Waals surface area contributed by atoms with Crippen molar-refractivity contribution in [1.29, 1.82) is 0 Å². The molecule has 0 aliphatic heterocycles. The van der Waals surface area contributed by atoms with Crippen molar-refractivity contribution in [2.45, 2.75) is 64.8 Å². The summed E-state index contributed by atoms with van der Waals surface area (Å²) in [6.07, 6.45) is 2.18. The molecule has 0 fully saturated rings. The highest BCUT2D eigenvalue weighted by Gasteiger charge is 2.40. The van der Waals surface area contributed by atoms with E-state index >= 15 is 0 Å². The molecule has 126 valence electrons. The highest BCUT2D eigenvalue weighted by Crippen LogP contribution is 2.38. The molecule has 3 atom stereocenters. The second-order valence-corrected chi connectivity index (χ2v) is 12.9. The molecule has 0 aliphatic rings. The Balaban J connectivity index is 4.79. The molecule has 7 heteroatoms. The van der Waals surface area contributed by atoms with Gasteiger partial charge in [-0.1, -0.05) is 27.7 Å². The van der Waals surface area contributed by atoms with Crippen LogP contribution in [0.25, 0.3) is 0 Å². The van der Waals surface area contributed by atoms with Crippen LogP contribution in [0.4, 0.5) is 0 Å². The fourth-order valence-corrected chi connectivity index (χ4v) is 3.41. The summed E-state index contributed by atoms with van der Waals surface area (Å²) in [6.45, 7) is 13.2. The number of carbonyl (C=O) groups excluding carboxylic acids is 1. The number of hydrogen-bond donors (Lipinski definition) is 1. The lowest BCUT2D eigenvalue weighted by Crippen LogP contribution is -2.46. The topological polar surface area (TPSA) is 78.6 Å². The van der Waals surface area contributed by atoms with Crippen LogP contribution in [0.2, 0.25) is 18.1 Å². The van der Waals surface area contributed by atoms with Crippen molar-refractivity contribution in [1.82, 2.24) is 0 Å². The van der Waals surface area contributed by atoms with E-state index in [9.17, 15) is 9.00 Å². The summed E-state index contributed by atoms with van der Waals surface area (Å²) in [7, 11) is -1.97. The molecule has 1 amide bonds. The zero-order valence-electron chi connectivity index (χ0n) is 14.4. The molecule has 0 spiro atoms. The van der Waals surface area contributed by atoms with E-state index in [1.807, 2.05) is 6.92 Å². The van der Waals surface area contributed by atoms with Crippen LogP contribution in [0.15, 0.2) is 0 Å². The van der Waals surface area contributed by atoms with E-state index in [1.165, 1.54) is 6.26 Å². The molecule has 0 saturated carbocycles. The molecule has 2 N–H and O–H groups in total. The smallest absolute Gasteiger partial charge is 0.219 e. The summed E-state index contributed by atoms with van der Waals surface area (Å²) >= 11 is -1.26. The molecule has 0 aromatic heterocycles. The molecule has 5 nitrogen and oxygen atoms in total. The van der Waals surface area contributed by atoms with Gasteiger partial charge in [-0.2, -0.15) is 0 Å². The Kier molecular flexibility index (Phi) is 8.31. The van der Waals surface area contributed by atoms with Gasteiger partial charge in [0.2, 0.25) is 5.91 Å². The highest BCUT2D eigenvalue weighted by molar-refractivity contribution is 7.79. The van der Waals surface area contributed by atoms with Crippen LogP contribution in [0.3, 0.4) is 0 Å². The number of carbonyl (C=O) groups is 1. The lowest BCUT2D eigenvalue weighted by Gasteiger charge is -2.40. The SMILES string of the molecule is C[C@H](CCOS(C)=O)[C@H](CC(N)=O)O[Si](C)(C)C(C)(C)C. The Morgan fingerprint density at radius 2 is 1.86 bits per heavy atom. The third-order valence-corrected chi connectivity index (χ3v) is 9.11. The van der Waals surface area contributed by atoms with E-state index in [0.29, 0.717) is 13.0 Å². The van der Waals surface area contributed by atoms with Gasteiger partial charge >= 0.3 is 0 Å². The minimum atomic E-state index is -1.97. The molecular weight excluding hydrogens is 306 g/mol. The van der Waals surface area contributed by atoms with Crippen molar-refractivity contribution in [3.8, 4) is 0 Å². The lowest BCUT2D eigenvalue weighted by molar-refractivity contribution is -0.120. The second-order valence-electron chi connectivity index (χ2n) is 7.08. The van der Waals surface area contributed by atoms with Crippen LogP contribution >= 0.6 is 0 Å². The van der Waals surface area contributed by atoms with Crippen molar-refractivity contribution in [2.24, 2.45) is 11.7 Å². The predicted octanol–water partition coefficient (Wildman–Crippen LogP) is 2.59. The van der Waals surface area contributed by atoms with Crippen molar-refractivity contribution >= 4 is 25.3 Å². The molecule has 0 aliphatic carbocycles. The zero-order valence-corrected chi connectivity index (χ0v) is 16.2. The van der Waals surface area contributed by atoms with Crippen LogP contribution in [0.1, 0.15) is 40.5 Å². The molecule has 21 heavy (non-hydrogen) atoms. The predicted molar refractivity (Wildman–Crippen MR) is 89.7 cm³/mol. The van der Waals surface area contributed by atoms with Crippen LogP contribution in [0, 0.1) is 5.92 Å². The molecule has 0 saturated heterocycles. The van der Waals surface area contributed by atoms with Gasteiger partial charge in [0.1, 0.15) is 0 Å². The highest BCUT2D eigenvalue weighted by atomic mass is 32.2. The maximum absolute atomic E-state index is 11.3. The summed E-state index contributed by atoms with van der Waals surface area (Å²) in [5.41, 5.74) is 5.35. The van der Waals surface area contributed by atoms with Crippen molar-refractivity contribution in [3.05, 3.63) is 0 Å². The van der Waals surface area contributed by atoms with Crippen LogP contribution in [-0.2, 0) is 24.5 Å². The monoisotopic (exact) mass is 337 g/mol. The first kappa shape index (κ1) is 20.8. The molecule has 0 aromatic carbocycles. The maximum Gasteiger partial charge on any atom is 0.219 e. The molecule has 0 radical (unpaired) electrons. The second kappa shape index (κ2) is 8.41. The first-order valence-electron chi connectivity index (χ1n) is 7.29. The quantitative estimate of drug-likeness (QED) is 0.656. The zero-order chi connectivity index (χ0) is 16.8. The summed E-state index contributed by atoms with van der Waals surface area (Å²) in [5, 5.41) is 0.0734. The summed E-state index contributed by atoms with van der Waals surface area (Å²) < 4.78 is 22.3. The van der Waals surface area contributed by atoms with Crippen LogP contribution in [-0.4, -0.2) is 37.4 Å². The van der Waals surface area contributed by atoms with E-state index in [2.05, 4.69) is 33.9 Å². The van der Waals surface area contributed by atoms with E-state index in [1.54, 1.807) is 0 Å². The number of amides is 1. The minimum Gasteiger partial charge on any atom is -0.413 e. The molecule has 0 heterocycles. The average Bonchev–Trinajstić information content (AvgIpc) is 2.24.